The second-order valence-corrected chi connectivity index (χ2v) is 3.98. The highest BCUT2D eigenvalue weighted by Crippen LogP contribution is 2.28. The Morgan fingerprint density at radius 1 is 1.10 bits per heavy atom. The number of halogens is 3. The van der Waals surface area contributed by atoms with Crippen LogP contribution in [0.5, 0.6) is 0 Å². The van der Waals surface area contributed by atoms with Gasteiger partial charge in [-0.2, -0.15) is 0 Å². The molecule has 0 aliphatic heterocycles. The predicted octanol–water partition coefficient (Wildman–Crippen LogP) is 3.13. The molecule has 0 unspecified atom stereocenters. The quantitative estimate of drug-likeness (QED) is 0.756. The van der Waals surface area contributed by atoms with Gasteiger partial charge in [-0.3, -0.25) is 0 Å². The van der Waals surface area contributed by atoms with E-state index in [-0.39, 0.29) is 16.9 Å². The van der Waals surface area contributed by atoms with Gasteiger partial charge in [-0.1, -0.05) is 0 Å². The normalized spacial score (nSPS) is 10.3. The maximum atomic E-state index is 13.5. The van der Waals surface area contributed by atoms with Gasteiger partial charge >= 0.3 is 5.97 Å². The van der Waals surface area contributed by atoms with Gasteiger partial charge in [-0.25, -0.2) is 18.0 Å². The fourth-order valence-corrected chi connectivity index (χ4v) is 1.65. The first-order valence-electron chi connectivity index (χ1n) is 5.43. The van der Waals surface area contributed by atoms with E-state index in [2.05, 4.69) is 5.32 Å². The third-order valence-corrected chi connectivity index (χ3v) is 2.54. The highest BCUT2D eigenvalue weighted by atomic mass is 19.1. The lowest BCUT2D eigenvalue weighted by molar-refractivity contribution is 0.0698. The monoisotopic (exact) mass is 282 g/mol. The van der Waals surface area contributed by atoms with Gasteiger partial charge in [0.25, 0.3) is 0 Å². The Bertz CT molecular complexity index is 666. The molecule has 4 nitrogen and oxygen atoms in total. The van der Waals surface area contributed by atoms with Crippen LogP contribution in [0.15, 0.2) is 30.3 Å². The first-order valence-corrected chi connectivity index (χ1v) is 5.43. The predicted molar refractivity (Wildman–Crippen MR) is 67.4 cm³/mol. The maximum absolute atomic E-state index is 13.5. The lowest BCUT2D eigenvalue weighted by Crippen LogP contribution is -2.06. The van der Waals surface area contributed by atoms with Gasteiger partial charge in [0.15, 0.2) is 11.6 Å². The fourth-order valence-electron chi connectivity index (χ4n) is 1.65. The Labute approximate surface area is 111 Å². The van der Waals surface area contributed by atoms with Crippen molar-refractivity contribution in [1.82, 2.24) is 0 Å². The summed E-state index contributed by atoms with van der Waals surface area (Å²) in [6, 6.07) is 4.72. The molecule has 0 atom stereocenters. The summed E-state index contributed by atoms with van der Waals surface area (Å²) in [4.78, 5) is 11.0. The molecular weight excluding hydrogens is 273 g/mol. The second kappa shape index (κ2) is 5.12. The molecule has 0 aliphatic carbocycles. The molecular formula is C13H9F3N2O2. The van der Waals surface area contributed by atoms with E-state index >= 15 is 0 Å². The third-order valence-electron chi connectivity index (χ3n) is 2.54. The van der Waals surface area contributed by atoms with Crippen molar-refractivity contribution >= 4 is 23.0 Å². The summed E-state index contributed by atoms with van der Waals surface area (Å²) < 4.78 is 39.8. The van der Waals surface area contributed by atoms with Crippen molar-refractivity contribution in [3.05, 3.63) is 53.3 Å². The smallest absolute Gasteiger partial charge is 0.337 e. The first kappa shape index (κ1) is 13.7. The van der Waals surface area contributed by atoms with Crippen LogP contribution in [0.4, 0.5) is 30.2 Å². The Balaban J connectivity index is 2.50. The Morgan fingerprint density at radius 3 is 2.25 bits per heavy atom. The highest BCUT2D eigenvalue weighted by Gasteiger charge is 2.16. The number of benzene rings is 2. The van der Waals surface area contributed by atoms with Crippen LogP contribution in [0, 0.1) is 17.5 Å². The molecule has 0 fully saturated rings. The van der Waals surface area contributed by atoms with Gasteiger partial charge in [-0.05, 0) is 18.2 Å². The zero-order chi connectivity index (χ0) is 14.9. The Hall–Kier alpha value is -2.70. The summed E-state index contributed by atoms with van der Waals surface area (Å²) in [5, 5.41) is 11.3. The van der Waals surface area contributed by atoms with Gasteiger partial charge in [0.2, 0.25) is 0 Å². The average Bonchev–Trinajstić information content (AvgIpc) is 2.33. The molecule has 0 aliphatic rings. The van der Waals surface area contributed by atoms with E-state index in [1.54, 1.807) is 0 Å². The number of hydrogen-bond acceptors (Lipinski definition) is 3. The number of rotatable bonds is 3. The van der Waals surface area contributed by atoms with Crippen LogP contribution in [-0.4, -0.2) is 11.1 Å². The molecule has 20 heavy (non-hydrogen) atoms. The summed E-state index contributed by atoms with van der Waals surface area (Å²) >= 11 is 0. The van der Waals surface area contributed by atoms with Gasteiger partial charge in [0.1, 0.15) is 11.5 Å². The molecule has 2 aromatic rings. The summed E-state index contributed by atoms with van der Waals surface area (Å²) in [7, 11) is 0. The number of aromatic carboxylic acids is 1. The largest absolute Gasteiger partial charge is 0.478 e. The number of nitrogens with two attached hydrogens (primary N) is 1. The number of hydrogen-bond donors (Lipinski definition) is 3. The molecule has 0 aromatic heterocycles. The second-order valence-electron chi connectivity index (χ2n) is 3.98. The van der Waals surface area contributed by atoms with Crippen LogP contribution in [-0.2, 0) is 0 Å². The van der Waals surface area contributed by atoms with Crippen LogP contribution in [0.25, 0.3) is 0 Å². The van der Waals surface area contributed by atoms with Gasteiger partial charge in [0.05, 0.1) is 11.3 Å². The minimum absolute atomic E-state index is 0.0955. The molecule has 0 saturated heterocycles. The number of nitrogens with one attached hydrogen (secondary N) is 1. The Kier molecular flexibility index (Phi) is 3.51. The maximum Gasteiger partial charge on any atom is 0.337 e. The van der Waals surface area contributed by atoms with E-state index in [1.165, 1.54) is 18.2 Å². The van der Waals surface area contributed by atoms with Gasteiger partial charge < -0.3 is 16.2 Å². The molecule has 0 radical (unpaired) electrons. The number of anilines is 3. The van der Waals surface area contributed by atoms with Crippen molar-refractivity contribution in [3.63, 3.8) is 0 Å². The van der Waals surface area contributed by atoms with Crippen LogP contribution < -0.4 is 11.1 Å². The van der Waals surface area contributed by atoms with Crippen LogP contribution >= 0.6 is 0 Å². The van der Waals surface area contributed by atoms with Gasteiger partial charge in [0, 0.05) is 17.8 Å². The number of carbonyl (C=O) groups is 1. The van der Waals surface area contributed by atoms with E-state index in [1.807, 2.05) is 0 Å². The summed E-state index contributed by atoms with van der Waals surface area (Å²) in [5.41, 5.74) is 4.74. The van der Waals surface area contributed by atoms with Crippen LogP contribution in [0.2, 0.25) is 0 Å². The number of nitrogen functional groups attached to an aromatic ring is 1. The standard InChI is InChI=1S/C13H9F3N2O2/c14-6-3-9(15)12(10(16)4-6)18-11-5-7(17)1-2-8(11)13(19)20/h1-5,18H,17H2,(H,19,20). The fraction of sp³-hybridized carbons (Fsp3) is 0. The average molecular weight is 282 g/mol. The molecule has 4 N–H and O–H groups in total. The lowest BCUT2D eigenvalue weighted by atomic mass is 10.1. The van der Waals surface area contributed by atoms with Crippen molar-refractivity contribution in [1.29, 1.82) is 0 Å². The van der Waals surface area contributed by atoms with Crippen LogP contribution in [0.1, 0.15) is 10.4 Å². The molecule has 0 saturated carbocycles. The number of carboxylic acid groups (broad SMARTS) is 1. The molecule has 0 heterocycles. The zero-order valence-corrected chi connectivity index (χ0v) is 9.95. The zero-order valence-electron chi connectivity index (χ0n) is 9.95. The van der Waals surface area contributed by atoms with Crippen molar-refractivity contribution < 1.29 is 23.1 Å². The lowest BCUT2D eigenvalue weighted by Gasteiger charge is -2.12. The molecule has 2 aromatic carbocycles. The van der Waals surface area contributed by atoms with Crippen molar-refractivity contribution in [2.75, 3.05) is 11.1 Å². The van der Waals surface area contributed by atoms with Crippen molar-refractivity contribution in [2.45, 2.75) is 0 Å². The van der Waals surface area contributed by atoms with E-state index < -0.39 is 29.1 Å². The van der Waals surface area contributed by atoms with E-state index in [0.29, 0.717) is 12.1 Å². The van der Waals surface area contributed by atoms with Gasteiger partial charge in [-0.15, -0.1) is 0 Å². The minimum Gasteiger partial charge on any atom is -0.478 e. The summed E-state index contributed by atoms with van der Waals surface area (Å²) in [6.45, 7) is 0. The molecule has 104 valence electrons. The van der Waals surface area contributed by atoms with E-state index in [4.69, 9.17) is 10.8 Å². The molecule has 7 heteroatoms. The van der Waals surface area contributed by atoms with E-state index in [0.717, 1.165) is 0 Å². The molecule has 0 amide bonds. The minimum atomic E-state index is -1.30. The topological polar surface area (TPSA) is 75.4 Å². The Morgan fingerprint density at radius 2 is 1.70 bits per heavy atom. The summed E-state index contributed by atoms with van der Waals surface area (Å²) in [5.74, 6) is -4.73. The van der Waals surface area contributed by atoms with E-state index in [9.17, 15) is 18.0 Å². The SMILES string of the molecule is Nc1ccc(C(=O)O)c(Nc2c(F)cc(F)cc2F)c1. The van der Waals surface area contributed by atoms with Crippen LogP contribution in [0.3, 0.4) is 0 Å². The first-order chi connectivity index (χ1) is 9.38. The number of carboxylic acids is 1. The molecule has 2 rings (SSSR count). The highest BCUT2D eigenvalue weighted by molar-refractivity contribution is 5.96. The van der Waals surface area contributed by atoms with Crippen molar-refractivity contribution in [2.24, 2.45) is 0 Å². The van der Waals surface area contributed by atoms with Crippen molar-refractivity contribution in [3.8, 4) is 0 Å². The third kappa shape index (κ3) is 2.66. The summed E-state index contributed by atoms with van der Waals surface area (Å²) in [6.07, 6.45) is 0. The molecule has 0 spiro atoms. The molecule has 0 bridgehead atoms.